The number of anilines is 1. The monoisotopic (exact) mass is 256 g/mol. The van der Waals surface area contributed by atoms with E-state index in [1.54, 1.807) is 30.5 Å². The van der Waals surface area contributed by atoms with Crippen LogP contribution in [0.15, 0.2) is 51.6 Å². The lowest BCUT2D eigenvalue weighted by Gasteiger charge is -1.95. The van der Waals surface area contributed by atoms with Crippen molar-refractivity contribution in [2.24, 2.45) is 0 Å². The van der Waals surface area contributed by atoms with E-state index in [0.717, 1.165) is 0 Å². The third-order valence-corrected chi connectivity index (χ3v) is 2.27. The smallest absolute Gasteiger partial charge is 0.322 e. The van der Waals surface area contributed by atoms with Crippen molar-refractivity contribution >= 4 is 11.9 Å². The summed E-state index contributed by atoms with van der Waals surface area (Å²) in [6.07, 6.45) is 3.02. The summed E-state index contributed by atoms with van der Waals surface area (Å²) in [6, 6.07) is 8.44. The van der Waals surface area contributed by atoms with Crippen molar-refractivity contribution in [1.29, 1.82) is 0 Å². The van der Waals surface area contributed by atoms with E-state index in [1.165, 1.54) is 12.3 Å². The Kier molecular flexibility index (Phi) is 2.77. The van der Waals surface area contributed by atoms with Crippen molar-refractivity contribution in [1.82, 2.24) is 15.2 Å². The molecule has 19 heavy (non-hydrogen) atoms. The maximum atomic E-state index is 11.7. The van der Waals surface area contributed by atoms with Gasteiger partial charge >= 0.3 is 6.01 Å². The zero-order valence-corrected chi connectivity index (χ0v) is 9.61. The first kappa shape index (κ1) is 11.1. The highest BCUT2D eigenvalue weighted by Gasteiger charge is 2.14. The Balaban J connectivity index is 1.77. The molecule has 7 heteroatoms. The van der Waals surface area contributed by atoms with E-state index >= 15 is 0 Å². The second kappa shape index (κ2) is 4.73. The maximum Gasteiger partial charge on any atom is 0.322 e. The average Bonchev–Trinajstić information content (AvgIpc) is 3.11. The van der Waals surface area contributed by atoms with Gasteiger partial charge in [-0.05, 0) is 24.3 Å². The minimum absolute atomic E-state index is 0.0120. The predicted molar refractivity (Wildman–Crippen MR) is 64.2 cm³/mol. The number of pyridine rings is 1. The first-order valence-corrected chi connectivity index (χ1v) is 5.43. The summed E-state index contributed by atoms with van der Waals surface area (Å²) in [5.41, 5.74) is 0.536. The lowest BCUT2D eigenvalue weighted by atomic mass is 10.3. The summed E-state index contributed by atoms with van der Waals surface area (Å²) in [4.78, 5) is 15.7. The molecule has 0 fully saturated rings. The van der Waals surface area contributed by atoms with Gasteiger partial charge in [0, 0.05) is 6.20 Å². The standard InChI is InChI=1S/C12H8N4O3/c17-10(9-5-3-7-18-9)14-12-16-15-11(19-12)8-4-1-2-6-13-8/h1-7H,(H,14,16,17). The highest BCUT2D eigenvalue weighted by Crippen LogP contribution is 2.17. The maximum absolute atomic E-state index is 11.7. The number of hydrogen-bond donors (Lipinski definition) is 1. The van der Waals surface area contributed by atoms with Crippen LogP contribution >= 0.6 is 0 Å². The Labute approximate surface area is 107 Å². The molecule has 7 nitrogen and oxygen atoms in total. The van der Waals surface area contributed by atoms with Gasteiger partial charge in [-0.3, -0.25) is 15.1 Å². The van der Waals surface area contributed by atoms with E-state index in [-0.39, 0.29) is 17.7 Å². The van der Waals surface area contributed by atoms with Crippen molar-refractivity contribution < 1.29 is 13.6 Å². The van der Waals surface area contributed by atoms with Gasteiger partial charge in [0.2, 0.25) is 0 Å². The molecule has 94 valence electrons. The van der Waals surface area contributed by atoms with Gasteiger partial charge in [0.1, 0.15) is 5.69 Å². The van der Waals surface area contributed by atoms with Gasteiger partial charge < -0.3 is 8.83 Å². The van der Waals surface area contributed by atoms with Crippen molar-refractivity contribution in [3.05, 3.63) is 48.6 Å². The highest BCUT2D eigenvalue weighted by molar-refractivity contribution is 6.00. The van der Waals surface area contributed by atoms with Crippen LogP contribution in [0.1, 0.15) is 10.6 Å². The van der Waals surface area contributed by atoms with Gasteiger partial charge in [-0.15, -0.1) is 5.10 Å². The fraction of sp³-hybridized carbons (Fsp3) is 0. The third-order valence-electron chi connectivity index (χ3n) is 2.27. The largest absolute Gasteiger partial charge is 0.459 e. The summed E-state index contributed by atoms with van der Waals surface area (Å²) < 4.78 is 10.2. The van der Waals surface area contributed by atoms with Gasteiger partial charge in [-0.1, -0.05) is 11.2 Å². The van der Waals surface area contributed by atoms with Gasteiger partial charge in [0.05, 0.1) is 6.26 Å². The summed E-state index contributed by atoms with van der Waals surface area (Å²) in [6.45, 7) is 0. The molecular weight excluding hydrogens is 248 g/mol. The molecule has 0 bridgehead atoms. The zero-order valence-electron chi connectivity index (χ0n) is 9.61. The van der Waals surface area contributed by atoms with E-state index in [2.05, 4.69) is 20.5 Å². The van der Waals surface area contributed by atoms with Crippen molar-refractivity contribution in [2.75, 3.05) is 5.32 Å². The molecule has 0 unspecified atom stereocenters. The summed E-state index contributed by atoms with van der Waals surface area (Å²) >= 11 is 0. The van der Waals surface area contributed by atoms with Gasteiger partial charge in [-0.2, -0.15) is 0 Å². The van der Waals surface area contributed by atoms with Crippen LogP contribution in [0, 0.1) is 0 Å². The number of amides is 1. The molecule has 0 aromatic carbocycles. The molecule has 0 saturated carbocycles. The van der Waals surface area contributed by atoms with Crippen LogP contribution < -0.4 is 5.32 Å². The van der Waals surface area contributed by atoms with Crippen molar-refractivity contribution in [3.63, 3.8) is 0 Å². The quantitative estimate of drug-likeness (QED) is 0.769. The van der Waals surface area contributed by atoms with Crippen LogP contribution in [0.3, 0.4) is 0 Å². The fourth-order valence-corrected chi connectivity index (χ4v) is 1.43. The third kappa shape index (κ3) is 2.34. The molecule has 0 atom stereocenters. The lowest BCUT2D eigenvalue weighted by Crippen LogP contribution is -2.10. The van der Waals surface area contributed by atoms with E-state index in [0.29, 0.717) is 5.69 Å². The zero-order chi connectivity index (χ0) is 13.1. The molecule has 1 N–H and O–H groups in total. The normalized spacial score (nSPS) is 10.3. The molecule has 3 aromatic rings. The van der Waals surface area contributed by atoms with E-state index in [4.69, 9.17) is 8.83 Å². The molecular formula is C12H8N4O3. The Bertz CT molecular complexity index is 676. The van der Waals surface area contributed by atoms with Gasteiger partial charge in [0.15, 0.2) is 5.76 Å². The number of rotatable bonds is 3. The molecule has 3 rings (SSSR count). The SMILES string of the molecule is O=C(Nc1nnc(-c2ccccn2)o1)c1ccco1. The van der Waals surface area contributed by atoms with Gasteiger partial charge in [0.25, 0.3) is 11.8 Å². The predicted octanol–water partition coefficient (Wildman–Crippen LogP) is 1.98. The van der Waals surface area contributed by atoms with Crippen LogP contribution in [0.25, 0.3) is 11.6 Å². The first-order chi connectivity index (χ1) is 9.33. The second-order valence-electron chi connectivity index (χ2n) is 3.56. The summed E-state index contributed by atoms with van der Waals surface area (Å²) in [5.74, 6) is -0.0610. The lowest BCUT2D eigenvalue weighted by molar-refractivity contribution is 0.0994. The van der Waals surface area contributed by atoms with Crippen LogP contribution in [0.5, 0.6) is 0 Å². The van der Waals surface area contributed by atoms with Crippen LogP contribution in [-0.4, -0.2) is 21.1 Å². The van der Waals surface area contributed by atoms with Crippen LogP contribution in [-0.2, 0) is 0 Å². The number of furan rings is 1. The fourth-order valence-electron chi connectivity index (χ4n) is 1.43. The Hall–Kier alpha value is -2.96. The molecule has 3 heterocycles. The van der Waals surface area contributed by atoms with Gasteiger partial charge in [-0.25, -0.2) is 0 Å². The minimum atomic E-state index is -0.457. The molecule has 0 aliphatic carbocycles. The van der Waals surface area contributed by atoms with Crippen molar-refractivity contribution in [3.8, 4) is 11.6 Å². The number of aromatic nitrogens is 3. The molecule has 0 saturated heterocycles. The number of hydrogen-bond acceptors (Lipinski definition) is 6. The number of nitrogens with one attached hydrogen (secondary N) is 1. The second-order valence-corrected chi connectivity index (χ2v) is 3.56. The molecule has 0 aliphatic rings. The molecule has 0 aliphatic heterocycles. The van der Waals surface area contributed by atoms with Crippen LogP contribution in [0.2, 0.25) is 0 Å². The topological polar surface area (TPSA) is 94.1 Å². The number of carbonyl (C=O) groups is 1. The molecule has 0 spiro atoms. The van der Waals surface area contributed by atoms with Crippen molar-refractivity contribution in [2.45, 2.75) is 0 Å². The van der Waals surface area contributed by atoms with E-state index < -0.39 is 5.91 Å². The highest BCUT2D eigenvalue weighted by atomic mass is 16.4. The minimum Gasteiger partial charge on any atom is -0.459 e. The van der Waals surface area contributed by atoms with E-state index in [9.17, 15) is 4.79 Å². The summed E-state index contributed by atoms with van der Waals surface area (Å²) in [7, 11) is 0. The average molecular weight is 256 g/mol. The first-order valence-electron chi connectivity index (χ1n) is 5.43. The Morgan fingerprint density at radius 2 is 2.11 bits per heavy atom. The Morgan fingerprint density at radius 1 is 1.16 bits per heavy atom. The molecule has 0 radical (unpaired) electrons. The number of nitrogens with zero attached hydrogens (tertiary/aromatic N) is 3. The Morgan fingerprint density at radius 3 is 2.84 bits per heavy atom. The molecule has 3 aromatic heterocycles. The van der Waals surface area contributed by atoms with E-state index in [1.807, 2.05) is 0 Å². The molecule has 1 amide bonds. The summed E-state index contributed by atoms with van der Waals surface area (Å²) in [5, 5.41) is 9.94. The number of carbonyl (C=O) groups excluding carboxylic acids is 1. The van der Waals surface area contributed by atoms with Crippen LogP contribution in [0.4, 0.5) is 6.01 Å².